The molecule has 8 rings (SSSR count). The molecule has 0 aromatic carbocycles. The van der Waals surface area contributed by atoms with Crippen LogP contribution >= 0.6 is 0 Å². The lowest BCUT2D eigenvalue weighted by Crippen LogP contribution is -2.65. The van der Waals surface area contributed by atoms with E-state index < -0.39 is 90.2 Å². The van der Waals surface area contributed by atoms with Gasteiger partial charge in [0, 0.05) is 5.92 Å². The minimum atomic E-state index is -1.47. The number of hydrogen-bond donors (Lipinski definition) is 8. The first-order valence-electron chi connectivity index (χ1n) is 20.7. The maximum absolute atomic E-state index is 12.2. The lowest BCUT2D eigenvalue weighted by molar-refractivity contribution is -0.335. The van der Waals surface area contributed by atoms with E-state index in [1.54, 1.807) is 20.8 Å². The van der Waals surface area contributed by atoms with Gasteiger partial charge in [0.1, 0.15) is 36.6 Å². The molecule has 8 fully saturated rings. The Morgan fingerprint density at radius 1 is 0.685 bits per heavy atom. The molecule has 310 valence electrons. The van der Waals surface area contributed by atoms with Crippen LogP contribution in [-0.4, -0.2) is 138 Å². The molecule has 0 amide bonds. The summed E-state index contributed by atoms with van der Waals surface area (Å²) in [6.07, 6.45) is -5.87. The summed E-state index contributed by atoms with van der Waals surface area (Å²) in [4.78, 5) is 0. The van der Waals surface area contributed by atoms with Crippen molar-refractivity contribution in [1.29, 1.82) is 0 Å². The molecule has 0 aromatic rings. The average molecular weight is 769 g/mol. The van der Waals surface area contributed by atoms with E-state index in [0.29, 0.717) is 19.3 Å². The van der Waals surface area contributed by atoms with Gasteiger partial charge in [0.25, 0.3) is 0 Å². The summed E-state index contributed by atoms with van der Waals surface area (Å²) < 4.78 is 32.1. The molecule has 13 heteroatoms. The summed E-state index contributed by atoms with van der Waals surface area (Å²) in [6, 6.07) is 0. The second kappa shape index (κ2) is 12.7. The maximum Gasteiger partial charge on any atom is 0.186 e. The summed E-state index contributed by atoms with van der Waals surface area (Å²) in [5.74, 6) is -0.0738. The van der Waals surface area contributed by atoms with Crippen molar-refractivity contribution >= 4 is 0 Å². The van der Waals surface area contributed by atoms with Gasteiger partial charge < -0.3 is 64.5 Å². The first-order valence-corrected chi connectivity index (χ1v) is 20.7. The molecule has 8 aliphatic rings. The van der Waals surface area contributed by atoms with Crippen LogP contribution in [0.4, 0.5) is 0 Å². The van der Waals surface area contributed by atoms with Crippen molar-refractivity contribution in [2.24, 2.45) is 44.8 Å². The molecule has 0 unspecified atom stereocenters. The molecular formula is C41H68O13. The van der Waals surface area contributed by atoms with E-state index >= 15 is 0 Å². The molecule has 21 atom stereocenters. The Bertz CT molecular complexity index is 1440. The van der Waals surface area contributed by atoms with Gasteiger partial charge in [-0.3, -0.25) is 0 Å². The Morgan fingerprint density at radius 2 is 1.37 bits per heavy atom. The summed E-state index contributed by atoms with van der Waals surface area (Å²) in [5.41, 5.74) is -2.90. The molecule has 3 heterocycles. The van der Waals surface area contributed by atoms with E-state index in [1.807, 2.05) is 0 Å². The van der Waals surface area contributed by atoms with Gasteiger partial charge in [-0.15, -0.1) is 0 Å². The zero-order valence-corrected chi connectivity index (χ0v) is 33.4. The van der Waals surface area contributed by atoms with E-state index in [4.69, 9.17) is 23.7 Å². The van der Waals surface area contributed by atoms with E-state index in [2.05, 4.69) is 34.6 Å². The minimum absolute atomic E-state index is 0.0219. The third kappa shape index (κ3) is 5.43. The molecular weight excluding hydrogens is 700 g/mol. The van der Waals surface area contributed by atoms with Gasteiger partial charge >= 0.3 is 0 Å². The zero-order valence-electron chi connectivity index (χ0n) is 33.4. The summed E-state index contributed by atoms with van der Waals surface area (Å²) in [5, 5.41) is 87.1. The molecule has 0 bridgehead atoms. The van der Waals surface area contributed by atoms with Crippen LogP contribution in [0.15, 0.2) is 0 Å². The van der Waals surface area contributed by atoms with Crippen LogP contribution < -0.4 is 0 Å². The molecule has 13 nitrogen and oxygen atoms in total. The largest absolute Gasteiger partial charge is 0.393 e. The fourth-order valence-corrected chi connectivity index (χ4v) is 14.8. The predicted octanol–water partition coefficient (Wildman–Crippen LogP) is 1.75. The molecule has 5 saturated carbocycles. The van der Waals surface area contributed by atoms with Gasteiger partial charge in [0.2, 0.25) is 0 Å². The van der Waals surface area contributed by atoms with Crippen molar-refractivity contribution < 1.29 is 64.5 Å². The van der Waals surface area contributed by atoms with Gasteiger partial charge in [0.15, 0.2) is 12.6 Å². The number of ether oxygens (including phenoxy) is 5. The van der Waals surface area contributed by atoms with Crippen LogP contribution in [0.3, 0.4) is 0 Å². The average Bonchev–Trinajstić information content (AvgIpc) is 3.45. The molecule has 54 heavy (non-hydrogen) atoms. The fourth-order valence-electron chi connectivity index (χ4n) is 14.8. The molecule has 0 aromatic heterocycles. The fraction of sp³-hybridized carbons (Fsp3) is 1.00. The monoisotopic (exact) mass is 768 g/mol. The first kappa shape index (κ1) is 40.3. The quantitative estimate of drug-likeness (QED) is 0.182. The van der Waals surface area contributed by atoms with Crippen molar-refractivity contribution in [1.82, 2.24) is 0 Å². The molecule has 3 saturated heterocycles. The summed E-state index contributed by atoms with van der Waals surface area (Å²) >= 11 is 0. The molecule has 8 N–H and O–H groups in total. The molecule has 2 spiro atoms. The van der Waals surface area contributed by atoms with Gasteiger partial charge in [-0.05, 0) is 124 Å². The zero-order chi connectivity index (χ0) is 39.3. The first-order chi connectivity index (χ1) is 25.0. The van der Waals surface area contributed by atoms with Crippen molar-refractivity contribution in [3.8, 4) is 0 Å². The minimum Gasteiger partial charge on any atom is -0.393 e. The Morgan fingerprint density at radius 3 is 2.04 bits per heavy atom. The summed E-state index contributed by atoms with van der Waals surface area (Å²) in [6.45, 7) is 16.3. The highest BCUT2D eigenvalue weighted by molar-refractivity contribution is 5.33. The van der Waals surface area contributed by atoms with Crippen molar-refractivity contribution in [2.75, 3.05) is 6.61 Å². The number of rotatable bonds is 6. The third-order valence-corrected chi connectivity index (χ3v) is 17.6. The number of aliphatic hydroxyl groups is 8. The van der Waals surface area contributed by atoms with E-state index in [1.165, 1.54) is 0 Å². The van der Waals surface area contributed by atoms with Crippen LogP contribution in [-0.2, 0) is 23.7 Å². The van der Waals surface area contributed by atoms with Gasteiger partial charge in [-0.25, -0.2) is 0 Å². The standard InChI is InChI=1S/C41H68O13/c1-19-26(44)28(46)30(48)34(51-19)52-22-15-23-38(7)16-20(42)31(39(8)11-9-25(54-39)36(4,5)49)37(38,6)13-14-40(23)18-41(40)12-10-24(35(2,3)32(22)41)53-33-29(47)27(45)21(43)17-50-33/h19-34,42-49H,9-18H2,1-8H3/t19-,20+,21-,22+,23-,24-,25+,26-,27+,28+,29-,30+,31+,32+,33+,34-,37-,38+,39+,40+,41-/m1/s1. The van der Waals surface area contributed by atoms with Gasteiger partial charge in [0.05, 0.1) is 48.3 Å². The highest BCUT2D eigenvalue weighted by atomic mass is 16.7. The Labute approximate surface area is 319 Å². The lowest BCUT2D eigenvalue weighted by Gasteiger charge is -2.65. The predicted molar refractivity (Wildman–Crippen MR) is 192 cm³/mol. The SMILES string of the molecule is C[C@H]1O[C@H](O[C@H]2C[C@H]3[C@]4(CC[C@]5(C)[C@@H]([C@]6(C)CC[C@@H](C(C)(C)O)O6)[C@@H](O)C[C@@]35C)C[C@@]43CC[C@@H](O[C@@H]4OC[C@@H](O)[C@H](O)[C@H]4O)C(C)(C)[C@H]23)[C@@H](O)[C@@H](O)[C@@H]1O. The normalized spacial score (nSPS) is 59.6. The van der Waals surface area contributed by atoms with Gasteiger partial charge in [-0.1, -0.05) is 27.7 Å². The van der Waals surface area contributed by atoms with Crippen LogP contribution in [0.1, 0.15) is 113 Å². The highest BCUT2D eigenvalue weighted by Gasteiger charge is 2.85. The van der Waals surface area contributed by atoms with Crippen molar-refractivity contribution in [3.05, 3.63) is 0 Å². The number of fused-ring (bicyclic) bond motifs is 2. The third-order valence-electron chi connectivity index (χ3n) is 17.6. The second-order valence-electron chi connectivity index (χ2n) is 21.0. The number of aliphatic hydroxyl groups excluding tert-OH is 7. The van der Waals surface area contributed by atoms with E-state index in [0.717, 1.165) is 38.5 Å². The van der Waals surface area contributed by atoms with Crippen molar-refractivity contribution in [3.63, 3.8) is 0 Å². The highest BCUT2D eigenvalue weighted by Crippen LogP contribution is 2.89. The van der Waals surface area contributed by atoms with Crippen LogP contribution in [0.5, 0.6) is 0 Å². The number of hydrogen-bond acceptors (Lipinski definition) is 13. The molecule has 5 aliphatic carbocycles. The van der Waals surface area contributed by atoms with E-state index in [9.17, 15) is 40.9 Å². The lowest BCUT2D eigenvalue weighted by atomic mass is 9.41. The van der Waals surface area contributed by atoms with Crippen LogP contribution in [0.25, 0.3) is 0 Å². The van der Waals surface area contributed by atoms with Crippen LogP contribution in [0.2, 0.25) is 0 Å². The Balaban J connectivity index is 1.15. The van der Waals surface area contributed by atoms with Gasteiger partial charge in [-0.2, -0.15) is 0 Å². The maximum atomic E-state index is 12.2. The van der Waals surface area contributed by atoms with Crippen molar-refractivity contribution in [2.45, 2.75) is 204 Å². The molecule has 0 radical (unpaired) electrons. The smallest absolute Gasteiger partial charge is 0.186 e. The Hall–Kier alpha value is -0.520. The van der Waals surface area contributed by atoms with Crippen LogP contribution in [0, 0.1) is 44.8 Å². The van der Waals surface area contributed by atoms with E-state index in [-0.39, 0.29) is 52.1 Å². The topological polar surface area (TPSA) is 208 Å². The summed E-state index contributed by atoms with van der Waals surface area (Å²) in [7, 11) is 0. The Kier molecular flexibility index (Phi) is 9.50. The second-order valence-corrected chi connectivity index (χ2v) is 21.0. The molecule has 3 aliphatic heterocycles.